The molecule has 0 heterocycles. The second-order valence-corrected chi connectivity index (χ2v) is 7.18. The number of carbonyl (C=O) groups excluding carboxylic acids is 1. The van der Waals surface area contributed by atoms with Gasteiger partial charge in [-0.3, -0.25) is 0 Å². The summed E-state index contributed by atoms with van der Waals surface area (Å²) in [4.78, 5) is 11.7. The molecule has 0 aliphatic heterocycles. The van der Waals surface area contributed by atoms with Crippen molar-refractivity contribution >= 4 is 6.09 Å². The third-order valence-corrected chi connectivity index (χ3v) is 3.94. The van der Waals surface area contributed by atoms with Gasteiger partial charge in [-0.2, -0.15) is 0 Å². The maximum Gasteiger partial charge on any atom is 0.407 e. The summed E-state index contributed by atoms with van der Waals surface area (Å²) < 4.78 is 10.5. The van der Waals surface area contributed by atoms with Crippen molar-refractivity contribution < 1.29 is 14.3 Å². The fourth-order valence-corrected chi connectivity index (χ4v) is 2.71. The van der Waals surface area contributed by atoms with Crippen LogP contribution in [0.3, 0.4) is 0 Å². The third kappa shape index (κ3) is 5.43. The standard InChI is InChI=1S/C18H28N2O3/c1-12(13-7-6-8-16(9-13)22-5)19-14-10-15(11-14)20-17(21)23-18(2,3)4/h6-9,12,14-15,19H,10-11H2,1-5H3,(H,20,21). The van der Waals surface area contributed by atoms with Crippen LogP contribution in [0.4, 0.5) is 4.79 Å². The zero-order chi connectivity index (χ0) is 17.0. The molecule has 1 unspecified atom stereocenters. The van der Waals surface area contributed by atoms with Crippen molar-refractivity contribution in [1.82, 2.24) is 10.6 Å². The van der Waals surface area contributed by atoms with Crippen LogP contribution in [-0.2, 0) is 4.74 Å². The number of benzene rings is 1. The van der Waals surface area contributed by atoms with Gasteiger partial charge in [0.05, 0.1) is 7.11 Å². The Morgan fingerprint density at radius 3 is 2.57 bits per heavy atom. The predicted octanol–water partition coefficient (Wildman–Crippen LogP) is 3.40. The van der Waals surface area contributed by atoms with Gasteiger partial charge in [0.1, 0.15) is 11.4 Å². The Bertz CT molecular complexity index is 533. The van der Waals surface area contributed by atoms with E-state index >= 15 is 0 Å². The Hall–Kier alpha value is -1.75. The smallest absolute Gasteiger partial charge is 0.407 e. The first-order valence-corrected chi connectivity index (χ1v) is 8.16. The van der Waals surface area contributed by atoms with E-state index in [2.05, 4.69) is 23.6 Å². The molecule has 2 N–H and O–H groups in total. The molecular formula is C18H28N2O3. The third-order valence-electron chi connectivity index (χ3n) is 3.94. The second-order valence-electron chi connectivity index (χ2n) is 7.18. The first-order chi connectivity index (χ1) is 10.8. The predicted molar refractivity (Wildman–Crippen MR) is 90.7 cm³/mol. The first-order valence-electron chi connectivity index (χ1n) is 8.16. The molecule has 0 saturated heterocycles. The molecule has 0 bridgehead atoms. The van der Waals surface area contributed by atoms with Gasteiger partial charge in [-0.15, -0.1) is 0 Å². The van der Waals surface area contributed by atoms with Gasteiger partial charge in [0.25, 0.3) is 0 Å². The summed E-state index contributed by atoms with van der Waals surface area (Å²) in [6, 6.07) is 8.94. The molecule has 1 fully saturated rings. The molecule has 0 aromatic heterocycles. The Morgan fingerprint density at radius 2 is 1.96 bits per heavy atom. The van der Waals surface area contributed by atoms with E-state index in [1.807, 2.05) is 39.0 Å². The molecule has 128 valence electrons. The van der Waals surface area contributed by atoms with Crippen LogP contribution in [0.15, 0.2) is 24.3 Å². The maximum atomic E-state index is 11.7. The van der Waals surface area contributed by atoms with Crippen LogP contribution in [-0.4, -0.2) is 30.9 Å². The largest absolute Gasteiger partial charge is 0.497 e. The molecule has 5 nitrogen and oxygen atoms in total. The van der Waals surface area contributed by atoms with E-state index in [1.165, 1.54) is 5.56 Å². The normalized spacial score (nSPS) is 22.0. The molecule has 1 aliphatic carbocycles. The van der Waals surface area contributed by atoms with Crippen molar-refractivity contribution in [3.05, 3.63) is 29.8 Å². The van der Waals surface area contributed by atoms with Crippen LogP contribution in [0.25, 0.3) is 0 Å². The molecule has 5 heteroatoms. The van der Waals surface area contributed by atoms with Gasteiger partial charge in [-0.05, 0) is 58.2 Å². The molecule has 0 spiro atoms. The minimum absolute atomic E-state index is 0.194. The van der Waals surface area contributed by atoms with Crippen molar-refractivity contribution in [1.29, 1.82) is 0 Å². The number of nitrogens with one attached hydrogen (secondary N) is 2. The van der Waals surface area contributed by atoms with Gasteiger partial charge in [-0.25, -0.2) is 4.79 Å². The molecule has 1 saturated carbocycles. The highest BCUT2D eigenvalue weighted by Gasteiger charge is 2.32. The van der Waals surface area contributed by atoms with E-state index in [1.54, 1.807) is 7.11 Å². The minimum Gasteiger partial charge on any atom is -0.497 e. The lowest BCUT2D eigenvalue weighted by atomic mass is 9.86. The highest BCUT2D eigenvalue weighted by molar-refractivity contribution is 5.68. The SMILES string of the molecule is COc1cccc(C(C)NC2CC(NC(=O)OC(C)(C)C)C2)c1. The van der Waals surface area contributed by atoms with Crippen molar-refractivity contribution in [2.45, 2.75) is 64.3 Å². The molecule has 1 aromatic carbocycles. The summed E-state index contributed by atoms with van der Waals surface area (Å²) in [6.07, 6.45) is 1.52. The van der Waals surface area contributed by atoms with Crippen LogP contribution >= 0.6 is 0 Å². The van der Waals surface area contributed by atoms with E-state index in [9.17, 15) is 4.79 Å². The summed E-state index contributed by atoms with van der Waals surface area (Å²) in [7, 11) is 1.68. The maximum absolute atomic E-state index is 11.7. The van der Waals surface area contributed by atoms with E-state index in [0.29, 0.717) is 6.04 Å². The van der Waals surface area contributed by atoms with Crippen molar-refractivity contribution in [2.24, 2.45) is 0 Å². The Labute approximate surface area is 138 Å². The topological polar surface area (TPSA) is 59.6 Å². The zero-order valence-corrected chi connectivity index (χ0v) is 14.7. The lowest BCUT2D eigenvalue weighted by Crippen LogP contribution is -2.53. The van der Waals surface area contributed by atoms with Crippen LogP contribution in [0.5, 0.6) is 5.75 Å². The van der Waals surface area contributed by atoms with Crippen molar-refractivity contribution in [3.8, 4) is 5.75 Å². The molecule has 23 heavy (non-hydrogen) atoms. The van der Waals surface area contributed by atoms with Gasteiger partial charge in [-0.1, -0.05) is 12.1 Å². The van der Waals surface area contributed by atoms with Crippen LogP contribution in [0.1, 0.15) is 52.1 Å². The second kappa shape index (κ2) is 7.21. The number of rotatable bonds is 5. The van der Waals surface area contributed by atoms with Crippen molar-refractivity contribution in [3.63, 3.8) is 0 Å². The van der Waals surface area contributed by atoms with Crippen molar-refractivity contribution in [2.75, 3.05) is 7.11 Å². The van der Waals surface area contributed by atoms with E-state index in [-0.39, 0.29) is 18.2 Å². The van der Waals surface area contributed by atoms with E-state index in [0.717, 1.165) is 18.6 Å². The number of ether oxygens (including phenoxy) is 2. The van der Waals surface area contributed by atoms with Gasteiger partial charge in [0.15, 0.2) is 0 Å². The molecule has 1 amide bonds. The molecule has 2 rings (SSSR count). The average Bonchev–Trinajstić information content (AvgIpc) is 2.43. The van der Waals surface area contributed by atoms with E-state index in [4.69, 9.17) is 9.47 Å². The van der Waals surface area contributed by atoms with Crippen LogP contribution in [0, 0.1) is 0 Å². The number of hydrogen-bond donors (Lipinski definition) is 2. The van der Waals surface area contributed by atoms with Gasteiger partial charge < -0.3 is 20.1 Å². The first kappa shape index (κ1) is 17.6. The van der Waals surface area contributed by atoms with Gasteiger partial charge in [0, 0.05) is 18.1 Å². The Morgan fingerprint density at radius 1 is 1.26 bits per heavy atom. The fourth-order valence-electron chi connectivity index (χ4n) is 2.71. The lowest BCUT2D eigenvalue weighted by Gasteiger charge is -2.38. The fraction of sp³-hybridized carbons (Fsp3) is 0.611. The molecule has 1 aromatic rings. The van der Waals surface area contributed by atoms with Crippen LogP contribution in [0.2, 0.25) is 0 Å². The number of amides is 1. The number of methoxy groups -OCH3 is 1. The monoisotopic (exact) mass is 320 g/mol. The Balaban J connectivity index is 1.74. The summed E-state index contributed by atoms with van der Waals surface area (Å²) in [5, 5.41) is 6.50. The highest BCUT2D eigenvalue weighted by Crippen LogP contribution is 2.25. The molecule has 1 aliphatic rings. The average molecular weight is 320 g/mol. The number of hydrogen-bond acceptors (Lipinski definition) is 4. The van der Waals surface area contributed by atoms with Gasteiger partial charge in [0.2, 0.25) is 0 Å². The Kier molecular flexibility index (Phi) is 5.52. The zero-order valence-electron chi connectivity index (χ0n) is 14.7. The quantitative estimate of drug-likeness (QED) is 0.873. The molecule has 1 atom stereocenters. The van der Waals surface area contributed by atoms with Gasteiger partial charge >= 0.3 is 6.09 Å². The molecular weight excluding hydrogens is 292 g/mol. The number of alkyl carbamates (subject to hydrolysis) is 1. The van der Waals surface area contributed by atoms with Crippen LogP contribution < -0.4 is 15.4 Å². The summed E-state index contributed by atoms with van der Waals surface area (Å²) >= 11 is 0. The lowest BCUT2D eigenvalue weighted by molar-refractivity contribution is 0.0463. The highest BCUT2D eigenvalue weighted by atomic mass is 16.6. The minimum atomic E-state index is -0.452. The molecule has 0 radical (unpaired) electrons. The number of carbonyl (C=O) groups is 1. The summed E-state index contributed by atoms with van der Waals surface area (Å²) in [6.45, 7) is 7.75. The summed E-state index contributed by atoms with van der Waals surface area (Å²) in [5.74, 6) is 0.870. The summed E-state index contributed by atoms with van der Waals surface area (Å²) in [5.41, 5.74) is 0.750. The van der Waals surface area contributed by atoms with E-state index < -0.39 is 5.60 Å².